The van der Waals surface area contributed by atoms with Gasteiger partial charge in [0, 0.05) is 29.8 Å². The van der Waals surface area contributed by atoms with Gasteiger partial charge in [-0.3, -0.25) is 9.79 Å². The number of anilines is 1. The standard InChI is InChI=1S/C19H15Cl3N8O/c1-18(10-29-7-5-25-16(29)15(24)27-18)13-8-12(3-2-11(13)9-23)26-17(31)14-4-6-30(28-14)19(20,21)22/h2-8H,10H2,1H3,(H2,24,27)(H,26,31). The lowest BCUT2D eigenvalue weighted by molar-refractivity contribution is 0.102. The van der Waals surface area contributed by atoms with Gasteiger partial charge in [-0.05, 0) is 31.2 Å². The van der Waals surface area contributed by atoms with E-state index in [9.17, 15) is 10.1 Å². The van der Waals surface area contributed by atoms with Crippen LogP contribution in [0, 0.1) is 11.3 Å². The van der Waals surface area contributed by atoms with E-state index in [4.69, 9.17) is 40.5 Å². The Hall–Kier alpha value is -3.06. The molecule has 4 rings (SSSR count). The number of aromatic nitrogens is 4. The number of hydrogen-bond acceptors (Lipinski definition) is 6. The molecule has 3 aromatic rings. The number of carbonyl (C=O) groups is 1. The molecular formula is C19H15Cl3N8O. The van der Waals surface area contributed by atoms with Crippen LogP contribution in [0.15, 0.2) is 47.8 Å². The fraction of sp³-hybridized carbons (Fsp3) is 0.211. The van der Waals surface area contributed by atoms with Crippen LogP contribution in [0.5, 0.6) is 0 Å². The van der Waals surface area contributed by atoms with Crippen LogP contribution in [0.3, 0.4) is 0 Å². The Labute approximate surface area is 192 Å². The molecule has 0 aliphatic carbocycles. The van der Waals surface area contributed by atoms with Crippen molar-refractivity contribution in [1.29, 1.82) is 5.26 Å². The molecule has 1 aliphatic rings. The van der Waals surface area contributed by atoms with Crippen LogP contribution in [0.25, 0.3) is 0 Å². The van der Waals surface area contributed by atoms with Gasteiger partial charge >= 0.3 is 0 Å². The molecule has 0 saturated heterocycles. The molecule has 0 bridgehead atoms. The van der Waals surface area contributed by atoms with Crippen LogP contribution in [0.1, 0.15) is 34.4 Å². The molecule has 1 aliphatic heterocycles. The molecule has 1 aromatic carbocycles. The van der Waals surface area contributed by atoms with E-state index in [2.05, 4.69) is 26.5 Å². The first-order valence-corrected chi connectivity index (χ1v) is 10.1. The monoisotopic (exact) mass is 476 g/mol. The third-order valence-electron chi connectivity index (χ3n) is 4.85. The Morgan fingerprint density at radius 3 is 2.77 bits per heavy atom. The number of nitrogens with two attached hydrogens (primary N) is 1. The van der Waals surface area contributed by atoms with Crippen LogP contribution in [0.2, 0.25) is 0 Å². The van der Waals surface area contributed by atoms with Gasteiger partial charge in [0.25, 0.3) is 9.82 Å². The number of amides is 1. The average Bonchev–Trinajstić information content (AvgIpc) is 3.37. The molecule has 158 valence electrons. The van der Waals surface area contributed by atoms with Crippen molar-refractivity contribution >= 4 is 52.2 Å². The van der Waals surface area contributed by atoms with E-state index in [1.54, 1.807) is 30.6 Å². The zero-order valence-corrected chi connectivity index (χ0v) is 18.3. The largest absolute Gasteiger partial charge is 0.381 e. The summed E-state index contributed by atoms with van der Waals surface area (Å²) in [6, 6.07) is 8.53. The first-order valence-electron chi connectivity index (χ1n) is 8.96. The van der Waals surface area contributed by atoms with Gasteiger partial charge in [-0.15, -0.1) is 0 Å². The van der Waals surface area contributed by atoms with Crippen molar-refractivity contribution in [2.75, 3.05) is 5.32 Å². The summed E-state index contributed by atoms with van der Waals surface area (Å²) in [6.07, 6.45) is 4.82. The minimum Gasteiger partial charge on any atom is -0.381 e. The zero-order chi connectivity index (χ0) is 22.4. The summed E-state index contributed by atoms with van der Waals surface area (Å²) in [6.45, 7) is 2.30. The van der Waals surface area contributed by atoms with Crippen molar-refractivity contribution in [1.82, 2.24) is 19.3 Å². The van der Waals surface area contributed by atoms with E-state index in [1.807, 2.05) is 11.5 Å². The number of alkyl halides is 3. The van der Waals surface area contributed by atoms with Gasteiger partial charge in [-0.1, -0.05) is 34.8 Å². The summed E-state index contributed by atoms with van der Waals surface area (Å²) < 4.78 is 1.11. The number of nitriles is 1. The number of nitrogens with one attached hydrogen (secondary N) is 1. The zero-order valence-electron chi connectivity index (χ0n) is 16.1. The smallest absolute Gasteiger partial charge is 0.286 e. The Bertz CT molecular complexity index is 1250. The summed E-state index contributed by atoms with van der Waals surface area (Å²) in [4.78, 5) is 21.4. The molecule has 1 atom stereocenters. The number of rotatable bonds is 3. The highest BCUT2D eigenvalue weighted by Gasteiger charge is 2.35. The molecule has 9 nitrogen and oxygen atoms in total. The normalized spacial score (nSPS) is 18.1. The summed E-state index contributed by atoms with van der Waals surface area (Å²) >= 11 is 17.3. The third kappa shape index (κ3) is 3.97. The van der Waals surface area contributed by atoms with Gasteiger partial charge in [-0.25, -0.2) is 9.67 Å². The molecule has 3 N–H and O–H groups in total. The molecule has 31 heavy (non-hydrogen) atoms. The highest BCUT2D eigenvalue weighted by atomic mass is 35.6. The van der Waals surface area contributed by atoms with E-state index >= 15 is 0 Å². The van der Waals surface area contributed by atoms with E-state index in [1.165, 1.54) is 12.3 Å². The number of hydrogen-bond donors (Lipinski definition) is 2. The summed E-state index contributed by atoms with van der Waals surface area (Å²) in [5, 5.41) is 16.3. The number of carbonyl (C=O) groups excluding carboxylic acids is 1. The highest BCUT2D eigenvalue weighted by Crippen LogP contribution is 2.35. The van der Waals surface area contributed by atoms with Crippen LogP contribution in [-0.2, 0) is 16.0 Å². The lowest BCUT2D eigenvalue weighted by Gasteiger charge is -2.32. The SMILES string of the molecule is CC1(c2cc(NC(=O)c3ccn(C(Cl)(Cl)Cl)n3)ccc2C#N)Cn2ccnc2C(N)=N1. The second kappa shape index (κ2) is 7.57. The number of amidine groups is 1. The Morgan fingerprint density at radius 1 is 1.32 bits per heavy atom. The van der Waals surface area contributed by atoms with Crippen LogP contribution in [-0.4, -0.2) is 31.1 Å². The van der Waals surface area contributed by atoms with Gasteiger partial charge in [0.1, 0.15) is 5.54 Å². The number of halogens is 3. The number of aliphatic imine (C=N–C) groups is 1. The van der Waals surface area contributed by atoms with Crippen molar-refractivity contribution in [3.63, 3.8) is 0 Å². The molecular weight excluding hydrogens is 463 g/mol. The second-order valence-corrected chi connectivity index (χ2v) is 9.31. The van der Waals surface area contributed by atoms with Gasteiger partial charge in [0.05, 0.1) is 18.2 Å². The van der Waals surface area contributed by atoms with Crippen molar-refractivity contribution in [2.24, 2.45) is 10.7 Å². The molecule has 0 saturated carbocycles. The average molecular weight is 478 g/mol. The molecule has 2 aromatic heterocycles. The molecule has 0 fully saturated rings. The van der Waals surface area contributed by atoms with Crippen LogP contribution >= 0.6 is 34.8 Å². The van der Waals surface area contributed by atoms with Crippen molar-refractivity contribution in [3.05, 3.63) is 65.5 Å². The second-order valence-electron chi connectivity index (χ2n) is 7.09. The summed E-state index contributed by atoms with van der Waals surface area (Å²) in [7, 11) is 0. The van der Waals surface area contributed by atoms with Crippen molar-refractivity contribution in [2.45, 2.75) is 22.9 Å². The van der Waals surface area contributed by atoms with Crippen LogP contribution < -0.4 is 11.1 Å². The lowest BCUT2D eigenvalue weighted by Crippen LogP contribution is -2.37. The topological polar surface area (TPSA) is 127 Å². The number of nitrogens with zero attached hydrogens (tertiary/aromatic N) is 6. The maximum atomic E-state index is 12.6. The van der Waals surface area contributed by atoms with E-state index in [-0.39, 0.29) is 11.5 Å². The van der Waals surface area contributed by atoms with Gasteiger partial charge in [0.15, 0.2) is 17.4 Å². The molecule has 1 unspecified atom stereocenters. The maximum absolute atomic E-state index is 12.6. The first-order chi connectivity index (χ1) is 14.6. The first kappa shape index (κ1) is 21.2. The third-order valence-corrected chi connectivity index (χ3v) is 5.37. The molecule has 0 radical (unpaired) electrons. The van der Waals surface area contributed by atoms with Gasteiger partial charge in [-0.2, -0.15) is 10.4 Å². The minimum atomic E-state index is -1.81. The van der Waals surface area contributed by atoms with E-state index in [0.717, 1.165) is 4.68 Å². The quantitative estimate of drug-likeness (QED) is 0.560. The summed E-state index contributed by atoms with van der Waals surface area (Å²) in [5.41, 5.74) is 6.81. The lowest BCUT2D eigenvalue weighted by atomic mass is 9.87. The number of imidazole rings is 1. The van der Waals surface area contributed by atoms with Crippen molar-refractivity contribution in [3.8, 4) is 6.07 Å². The number of benzene rings is 1. The minimum absolute atomic E-state index is 0.0615. The Morgan fingerprint density at radius 2 is 2.10 bits per heavy atom. The fourth-order valence-electron chi connectivity index (χ4n) is 3.44. The van der Waals surface area contributed by atoms with Gasteiger partial charge < -0.3 is 15.6 Å². The highest BCUT2D eigenvalue weighted by molar-refractivity contribution is 6.64. The predicted molar refractivity (Wildman–Crippen MR) is 117 cm³/mol. The maximum Gasteiger partial charge on any atom is 0.286 e. The van der Waals surface area contributed by atoms with E-state index in [0.29, 0.717) is 29.2 Å². The van der Waals surface area contributed by atoms with Crippen LogP contribution in [0.4, 0.5) is 5.69 Å². The Kier molecular flexibility index (Phi) is 5.17. The van der Waals surface area contributed by atoms with Crippen molar-refractivity contribution < 1.29 is 4.79 Å². The van der Waals surface area contributed by atoms with Gasteiger partial charge in [0.2, 0.25) is 0 Å². The summed E-state index contributed by atoms with van der Waals surface area (Å²) in [5.74, 6) is 0.344. The molecule has 12 heteroatoms. The predicted octanol–water partition coefficient (Wildman–Crippen LogP) is 3.12. The van der Waals surface area contributed by atoms with E-state index < -0.39 is 15.4 Å². The number of fused-ring (bicyclic) bond motifs is 1. The Balaban J connectivity index is 1.66. The molecule has 1 amide bonds. The fourth-order valence-corrected chi connectivity index (χ4v) is 3.73. The molecule has 0 spiro atoms. The molecule has 3 heterocycles.